The van der Waals surface area contributed by atoms with Gasteiger partial charge in [0.2, 0.25) is 5.91 Å². The third-order valence-electron chi connectivity index (χ3n) is 8.37. The van der Waals surface area contributed by atoms with Gasteiger partial charge in [0, 0.05) is 27.1 Å². The third-order valence-corrected chi connectivity index (χ3v) is 12.0. The van der Waals surface area contributed by atoms with Gasteiger partial charge in [-0.05, 0) is 60.1 Å². The molecule has 4 aromatic rings. The highest BCUT2D eigenvalue weighted by molar-refractivity contribution is 8.00. The Labute approximate surface area is 233 Å². The first kappa shape index (κ1) is 23.8. The van der Waals surface area contributed by atoms with Crippen molar-refractivity contribution in [3.63, 3.8) is 0 Å². The van der Waals surface area contributed by atoms with Crippen LogP contribution in [0.2, 0.25) is 10.0 Å². The quantitative estimate of drug-likeness (QED) is 0.276. The van der Waals surface area contributed by atoms with E-state index in [-0.39, 0.29) is 23.2 Å². The van der Waals surface area contributed by atoms with Gasteiger partial charge in [-0.25, -0.2) is 0 Å². The van der Waals surface area contributed by atoms with E-state index in [2.05, 4.69) is 11.4 Å². The summed E-state index contributed by atoms with van der Waals surface area (Å²) in [6, 6.07) is 19.6. The normalized spacial score (nSPS) is 25.7. The van der Waals surface area contributed by atoms with E-state index >= 15 is 0 Å². The monoisotopic (exact) mass is 566 g/mol. The summed E-state index contributed by atoms with van der Waals surface area (Å²) in [5.74, 6) is 1.54. The number of thioether (sulfide) groups is 1. The predicted octanol–water partition coefficient (Wildman–Crippen LogP) is 7.66. The van der Waals surface area contributed by atoms with Gasteiger partial charge in [0.15, 0.2) is 0 Å². The number of thiazole rings is 1. The molecule has 7 rings (SSSR count). The second-order valence-corrected chi connectivity index (χ2v) is 13.3. The Balaban J connectivity index is 1.27. The summed E-state index contributed by atoms with van der Waals surface area (Å²) >= 11 is 16.3. The summed E-state index contributed by atoms with van der Waals surface area (Å²) in [5.41, 5.74) is 1.76. The Bertz CT molecular complexity index is 1610. The lowest BCUT2D eigenvalue weighted by molar-refractivity contribution is -0.116. The van der Waals surface area contributed by atoms with Crippen molar-refractivity contribution in [3.05, 3.63) is 90.8 Å². The van der Waals surface area contributed by atoms with Gasteiger partial charge in [-0.15, -0.1) is 11.8 Å². The van der Waals surface area contributed by atoms with E-state index < -0.39 is 0 Å². The smallest absolute Gasteiger partial charge is 0.308 e. The Morgan fingerprint density at radius 3 is 2.68 bits per heavy atom. The van der Waals surface area contributed by atoms with Crippen molar-refractivity contribution in [2.45, 2.75) is 42.0 Å². The maximum absolute atomic E-state index is 13.4. The maximum atomic E-state index is 13.4. The number of hydrogen-bond acceptors (Lipinski definition) is 4. The topological polar surface area (TPSA) is 51.1 Å². The summed E-state index contributed by atoms with van der Waals surface area (Å²) in [6.45, 7) is -0.0115. The molecule has 2 bridgehead atoms. The van der Waals surface area contributed by atoms with Crippen LogP contribution in [-0.2, 0) is 11.3 Å². The fraction of sp³-hybridized carbons (Fsp3) is 0.310. The van der Waals surface area contributed by atoms with Crippen LogP contribution in [0.25, 0.3) is 10.8 Å². The SMILES string of the molecule is O=C(Cn1c2c(sc1=O)[C@H](c1cccc(Cl)c1Cl)C1C3CCC(C3)C1S2)Nc1cccc2ccccc12. The van der Waals surface area contributed by atoms with Crippen LogP contribution in [0.5, 0.6) is 0 Å². The van der Waals surface area contributed by atoms with E-state index in [1.807, 2.05) is 66.4 Å². The Morgan fingerprint density at radius 1 is 1.00 bits per heavy atom. The Morgan fingerprint density at radius 2 is 1.78 bits per heavy atom. The number of aromatic nitrogens is 1. The summed E-state index contributed by atoms with van der Waals surface area (Å²) in [6.07, 6.45) is 3.71. The van der Waals surface area contributed by atoms with Gasteiger partial charge < -0.3 is 5.32 Å². The van der Waals surface area contributed by atoms with Gasteiger partial charge in [0.05, 0.1) is 15.1 Å². The molecule has 4 nitrogen and oxygen atoms in total. The Kier molecular flexibility index (Phi) is 5.92. The number of carbonyl (C=O) groups excluding carboxylic acids is 1. The summed E-state index contributed by atoms with van der Waals surface area (Å²) in [5, 5.41) is 7.56. The first-order valence-electron chi connectivity index (χ1n) is 12.6. The average Bonchev–Trinajstić information content (AvgIpc) is 3.59. The molecule has 2 aliphatic carbocycles. The van der Waals surface area contributed by atoms with Crippen LogP contribution in [0.1, 0.15) is 35.6 Å². The zero-order chi connectivity index (χ0) is 25.3. The summed E-state index contributed by atoms with van der Waals surface area (Å²) < 4.78 is 1.68. The van der Waals surface area contributed by atoms with Crippen molar-refractivity contribution < 1.29 is 4.79 Å². The first-order chi connectivity index (χ1) is 18.0. The lowest BCUT2D eigenvalue weighted by Gasteiger charge is -2.40. The van der Waals surface area contributed by atoms with Crippen molar-refractivity contribution >= 4 is 68.7 Å². The van der Waals surface area contributed by atoms with E-state index in [1.54, 1.807) is 4.57 Å². The molecule has 3 aromatic carbocycles. The lowest BCUT2D eigenvalue weighted by Crippen LogP contribution is -2.35. The Hall–Kier alpha value is -2.25. The van der Waals surface area contributed by atoms with Gasteiger partial charge in [-0.3, -0.25) is 14.2 Å². The number of anilines is 1. The standard InChI is InChI=1S/C29H24Cl2N2O2S2/c30-20-9-4-8-19(25(20)31)24-23-16-11-12-17(13-16)26(23)36-28-27(24)37-29(35)33(28)14-22(34)32-21-10-3-6-15-5-1-2-7-18(15)21/h1-10,16-17,23-24,26H,11-14H2,(H,32,34)/t16?,17?,23?,24-,26?/m1/s1. The van der Waals surface area contributed by atoms with Crippen molar-refractivity contribution in [2.24, 2.45) is 17.8 Å². The molecule has 1 amide bonds. The second kappa shape index (κ2) is 9.19. The minimum atomic E-state index is -0.202. The number of halogens is 2. The van der Waals surface area contributed by atoms with Crippen molar-refractivity contribution in [1.29, 1.82) is 0 Å². The number of rotatable bonds is 4. The molecule has 37 heavy (non-hydrogen) atoms. The first-order valence-corrected chi connectivity index (χ1v) is 15.1. The molecule has 1 aromatic heterocycles. The highest BCUT2D eigenvalue weighted by atomic mass is 35.5. The molecule has 0 spiro atoms. The highest BCUT2D eigenvalue weighted by Crippen LogP contribution is 2.64. The summed E-state index contributed by atoms with van der Waals surface area (Å²) in [4.78, 5) is 27.6. The fourth-order valence-electron chi connectivity index (χ4n) is 6.86. The third kappa shape index (κ3) is 3.87. The zero-order valence-electron chi connectivity index (χ0n) is 19.8. The van der Waals surface area contributed by atoms with E-state index in [0.717, 1.165) is 31.9 Å². The zero-order valence-corrected chi connectivity index (χ0v) is 23.0. The van der Waals surface area contributed by atoms with Gasteiger partial charge >= 0.3 is 4.87 Å². The maximum Gasteiger partial charge on any atom is 0.308 e. The number of fused-ring (bicyclic) bond motifs is 7. The van der Waals surface area contributed by atoms with Crippen LogP contribution < -0.4 is 10.2 Å². The molecular weight excluding hydrogens is 543 g/mol. The molecule has 2 fully saturated rings. The molecule has 4 unspecified atom stereocenters. The van der Waals surface area contributed by atoms with Crippen LogP contribution in [0.4, 0.5) is 5.69 Å². The van der Waals surface area contributed by atoms with Crippen LogP contribution >= 0.6 is 46.3 Å². The van der Waals surface area contributed by atoms with Crippen molar-refractivity contribution in [2.75, 3.05) is 5.32 Å². The van der Waals surface area contributed by atoms with E-state index in [4.69, 9.17) is 23.2 Å². The van der Waals surface area contributed by atoms with Crippen LogP contribution in [0, 0.1) is 17.8 Å². The molecule has 2 heterocycles. The van der Waals surface area contributed by atoms with Crippen LogP contribution in [0.3, 0.4) is 0 Å². The summed E-state index contributed by atoms with van der Waals surface area (Å²) in [7, 11) is 0. The van der Waals surface area contributed by atoms with Gasteiger partial charge in [0.25, 0.3) is 0 Å². The number of nitrogens with zero attached hydrogens (tertiary/aromatic N) is 1. The molecule has 5 atom stereocenters. The lowest BCUT2D eigenvalue weighted by atomic mass is 9.75. The molecule has 188 valence electrons. The number of benzene rings is 3. The fourth-order valence-corrected chi connectivity index (χ4v) is 10.4. The van der Waals surface area contributed by atoms with E-state index in [1.165, 1.54) is 30.6 Å². The molecule has 0 saturated heterocycles. The minimum Gasteiger partial charge on any atom is -0.324 e. The number of carbonyl (C=O) groups is 1. The minimum absolute atomic E-state index is 0.0115. The number of nitrogens with one attached hydrogen (secondary N) is 1. The average molecular weight is 568 g/mol. The molecule has 2 saturated carbocycles. The molecule has 1 aliphatic heterocycles. The van der Waals surface area contributed by atoms with Crippen molar-refractivity contribution in [3.8, 4) is 0 Å². The number of hydrogen-bond donors (Lipinski definition) is 1. The van der Waals surface area contributed by atoms with Gasteiger partial charge in [-0.1, -0.05) is 83.1 Å². The number of amides is 1. The molecule has 0 radical (unpaired) electrons. The predicted molar refractivity (Wildman–Crippen MR) is 153 cm³/mol. The highest BCUT2D eigenvalue weighted by Gasteiger charge is 2.55. The van der Waals surface area contributed by atoms with Crippen LogP contribution in [0.15, 0.2) is 70.5 Å². The van der Waals surface area contributed by atoms with Gasteiger partial charge in [-0.2, -0.15) is 0 Å². The van der Waals surface area contributed by atoms with E-state index in [9.17, 15) is 9.59 Å². The van der Waals surface area contributed by atoms with Gasteiger partial charge in [0.1, 0.15) is 6.54 Å². The molecule has 1 N–H and O–H groups in total. The van der Waals surface area contributed by atoms with E-state index in [0.29, 0.717) is 33.0 Å². The van der Waals surface area contributed by atoms with Crippen LogP contribution in [-0.4, -0.2) is 15.7 Å². The molecule has 8 heteroatoms. The second-order valence-electron chi connectivity index (χ2n) is 10.3. The van der Waals surface area contributed by atoms with Crippen molar-refractivity contribution in [1.82, 2.24) is 4.57 Å². The molecular formula is C29H24Cl2N2O2S2. The molecule has 3 aliphatic rings. The largest absolute Gasteiger partial charge is 0.324 e.